The minimum absolute atomic E-state index is 0.0680. The van der Waals surface area contributed by atoms with Crippen molar-refractivity contribution in [1.29, 1.82) is 0 Å². The third-order valence-corrected chi connectivity index (χ3v) is 4.11. The number of anilines is 1. The Morgan fingerprint density at radius 2 is 1.79 bits per heavy atom. The topological polar surface area (TPSA) is 120 Å². The number of benzene rings is 2. The van der Waals surface area contributed by atoms with Crippen LogP contribution in [0.1, 0.15) is 17.3 Å². The van der Waals surface area contributed by atoms with Crippen LogP contribution in [-0.2, 0) is 4.79 Å². The van der Waals surface area contributed by atoms with Crippen molar-refractivity contribution in [3.05, 3.63) is 52.1 Å². The Bertz CT molecular complexity index is 1030. The predicted molar refractivity (Wildman–Crippen MR) is 110 cm³/mol. The number of hydrogen-bond acceptors (Lipinski definition) is 7. The molecule has 0 unspecified atom stereocenters. The van der Waals surface area contributed by atoms with Gasteiger partial charge in [-0.05, 0) is 31.2 Å². The van der Waals surface area contributed by atoms with Crippen molar-refractivity contribution < 1.29 is 41.9 Å². The van der Waals surface area contributed by atoms with Crippen LogP contribution in [0.4, 0.5) is 24.5 Å². The van der Waals surface area contributed by atoms with Crippen molar-refractivity contribution in [3.63, 3.8) is 0 Å². The summed E-state index contributed by atoms with van der Waals surface area (Å²) in [5, 5.41) is 13.9. The number of rotatable bonds is 9. The molecule has 0 aliphatic rings. The van der Waals surface area contributed by atoms with E-state index in [0.717, 1.165) is 29.2 Å². The van der Waals surface area contributed by atoms with Crippen molar-refractivity contribution in [3.8, 4) is 17.2 Å². The number of nitrogens with one attached hydrogen (secondary N) is 1. The lowest BCUT2D eigenvalue weighted by Crippen LogP contribution is -2.35. The van der Waals surface area contributed by atoms with Gasteiger partial charge in [0.1, 0.15) is 11.3 Å². The lowest BCUT2D eigenvalue weighted by atomic mass is 10.1. The van der Waals surface area contributed by atoms with Crippen LogP contribution >= 0.6 is 0 Å². The van der Waals surface area contributed by atoms with Gasteiger partial charge >= 0.3 is 6.36 Å². The number of nitrogens with zero attached hydrogens (tertiary/aromatic N) is 2. The van der Waals surface area contributed by atoms with Crippen molar-refractivity contribution >= 4 is 23.2 Å². The van der Waals surface area contributed by atoms with Gasteiger partial charge in [-0.2, -0.15) is 0 Å². The number of methoxy groups -OCH3 is 1. The van der Waals surface area contributed by atoms with E-state index in [1.165, 1.54) is 26.3 Å². The fourth-order valence-corrected chi connectivity index (χ4v) is 2.73. The number of halogens is 3. The number of carbonyl (C=O) groups is 2. The molecule has 1 N–H and O–H groups in total. The molecule has 2 rings (SSSR count). The highest BCUT2D eigenvalue weighted by Crippen LogP contribution is 2.35. The lowest BCUT2D eigenvalue weighted by molar-refractivity contribution is -0.385. The summed E-state index contributed by atoms with van der Waals surface area (Å²) in [5.41, 5.74) is -0.689. The Balaban J connectivity index is 2.14. The summed E-state index contributed by atoms with van der Waals surface area (Å²) in [5.74, 6) is -1.79. The Labute approximate surface area is 186 Å². The number of ether oxygens (including phenoxy) is 3. The summed E-state index contributed by atoms with van der Waals surface area (Å²) in [6, 6.07) is 6.60. The largest absolute Gasteiger partial charge is 0.573 e. The summed E-state index contributed by atoms with van der Waals surface area (Å²) < 4.78 is 50.8. The maximum Gasteiger partial charge on any atom is 0.573 e. The van der Waals surface area contributed by atoms with Crippen LogP contribution in [0.15, 0.2) is 36.4 Å². The van der Waals surface area contributed by atoms with Crippen molar-refractivity contribution in [2.45, 2.75) is 13.3 Å². The molecule has 0 aromatic heterocycles. The van der Waals surface area contributed by atoms with Crippen LogP contribution in [0.2, 0.25) is 0 Å². The van der Waals surface area contributed by atoms with Crippen LogP contribution in [-0.4, -0.2) is 55.3 Å². The summed E-state index contributed by atoms with van der Waals surface area (Å²) in [6.45, 7) is 1.40. The molecule has 0 saturated heterocycles. The fourth-order valence-electron chi connectivity index (χ4n) is 2.73. The van der Waals surface area contributed by atoms with Gasteiger partial charge in [0, 0.05) is 18.8 Å². The molecule has 0 spiro atoms. The molecular formula is C20H20F3N3O7. The van der Waals surface area contributed by atoms with E-state index in [1.54, 1.807) is 6.92 Å². The SMILES string of the molecule is CCOc1cc(C(=O)N(C)CC(=O)Nc2ccc(OC(F)(F)F)cc2)c([N+](=O)[O-])cc1OC. The smallest absolute Gasteiger partial charge is 0.493 e. The Kier molecular flexibility index (Phi) is 8.05. The monoisotopic (exact) mass is 471 g/mol. The van der Waals surface area contributed by atoms with E-state index in [-0.39, 0.29) is 29.4 Å². The minimum atomic E-state index is -4.85. The zero-order chi connectivity index (χ0) is 24.8. The number of hydrogen-bond donors (Lipinski definition) is 1. The molecule has 178 valence electrons. The van der Waals surface area contributed by atoms with Gasteiger partial charge < -0.3 is 24.4 Å². The second kappa shape index (κ2) is 10.5. The summed E-state index contributed by atoms with van der Waals surface area (Å²) >= 11 is 0. The number of carbonyl (C=O) groups excluding carboxylic acids is 2. The molecule has 2 amide bonds. The van der Waals surface area contributed by atoms with Gasteiger partial charge in [0.2, 0.25) is 5.91 Å². The molecule has 0 aliphatic carbocycles. The zero-order valence-electron chi connectivity index (χ0n) is 17.8. The molecule has 0 fully saturated rings. The fraction of sp³-hybridized carbons (Fsp3) is 0.300. The molecular weight excluding hydrogens is 451 g/mol. The predicted octanol–water partition coefficient (Wildman–Crippen LogP) is 3.61. The van der Waals surface area contributed by atoms with Crippen molar-refractivity contribution in [1.82, 2.24) is 4.90 Å². The summed E-state index contributed by atoms with van der Waals surface area (Å²) in [4.78, 5) is 36.7. The molecule has 0 heterocycles. The Morgan fingerprint density at radius 3 is 2.30 bits per heavy atom. The third-order valence-electron chi connectivity index (χ3n) is 4.11. The molecule has 0 atom stereocenters. The van der Waals surface area contributed by atoms with Gasteiger partial charge in [-0.1, -0.05) is 0 Å². The van der Waals surface area contributed by atoms with Crippen LogP contribution in [0.5, 0.6) is 17.2 Å². The van der Waals surface area contributed by atoms with Gasteiger partial charge in [-0.15, -0.1) is 13.2 Å². The number of amides is 2. The van der Waals surface area contributed by atoms with E-state index in [4.69, 9.17) is 9.47 Å². The minimum Gasteiger partial charge on any atom is -0.493 e. The molecule has 2 aromatic carbocycles. The average Bonchev–Trinajstić information content (AvgIpc) is 2.73. The Morgan fingerprint density at radius 1 is 1.15 bits per heavy atom. The first-order valence-corrected chi connectivity index (χ1v) is 9.35. The highest BCUT2D eigenvalue weighted by Gasteiger charge is 2.31. The van der Waals surface area contributed by atoms with E-state index in [0.29, 0.717) is 0 Å². The van der Waals surface area contributed by atoms with Crippen LogP contribution in [0.3, 0.4) is 0 Å². The first-order valence-electron chi connectivity index (χ1n) is 9.35. The highest BCUT2D eigenvalue weighted by molar-refractivity contribution is 6.02. The maximum absolute atomic E-state index is 12.8. The first kappa shape index (κ1) is 25.2. The molecule has 2 aromatic rings. The number of alkyl halides is 3. The van der Waals surface area contributed by atoms with Gasteiger partial charge in [0.05, 0.1) is 31.3 Å². The van der Waals surface area contributed by atoms with Crippen LogP contribution in [0.25, 0.3) is 0 Å². The van der Waals surface area contributed by atoms with Crippen LogP contribution < -0.4 is 19.5 Å². The van der Waals surface area contributed by atoms with Gasteiger partial charge in [0.15, 0.2) is 11.5 Å². The highest BCUT2D eigenvalue weighted by atomic mass is 19.4. The quantitative estimate of drug-likeness (QED) is 0.438. The third kappa shape index (κ3) is 6.98. The number of likely N-dealkylation sites (N-methyl/N-ethyl adjacent to an activating group) is 1. The maximum atomic E-state index is 12.8. The standard InChI is InChI=1S/C20H20F3N3O7/c1-4-32-17-9-14(15(26(29)30)10-16(17)31-3)19(28)25(2)11-18(27)24-12-5-7-13(8-6-12)33-20(21,22)23/h5-10H,4,11H2,1-3H3,(H,24,27). The molecule has 0 bridgehead atoms. The van der Waals surface area contributed by atoms with E-state index in [2.05, 4.69) is 10.1 Å². The molecule has 10 nitrogen and oxygen atoms in total. The second-order valence-electron chi connectivity index (χ2n) is 6.49. The first-order chi connectivity index (χ1) is 15.4. The normalized spacial score (nSPS) is 10.8. The molecule has 33 heavy (non-hydrogen) atoms. The number of nitro benzene ring substituents is 1. The van der Waals surface area contributed by atoms with Gasteiger partial charge in [-0.3, -0.25) is 19.7 Å². The van der Waals surface area contributed by atoms with E-state index in [9.17, 15) is 32.9 Å². The Hall–Kier alpha value is -4.03. The van der Waals surface area contributed by atoms with E-state index >= 15 is 0 Å². The van der Waals surface area contributed by atoms with E-state index < -0.39 is 41.1 Å². The molecule has 0 radical (unpaired) electrons. The van der Waals surface area contributed by atoms with Gasteiger partial charge in [0.25, 0.3) is 11.6 Å². The van der Waals surface area contributed by atoms with Gasteiger partial charge in [-0.25, -0.2) is 0 Å². The van der Waals surface area contributed by atoms with Crippen molar-refractivity contribution in [2.75, 3.05) is 32.6 Å². The van der Waals surface area contributed by atoms with Crippen molar-refractivity contribution in [2.24, 2.45) is 0 Å². The molecule has 0 saturated carbocycles. The lowest BCUT2D eigenvalue weighted by Gasteiger charge is -2.18. The van der Waals surface area contributed by atoms with E-state index in [1.807, 2.05) is 0 Å². The molecule has 13 heteroatoms. The molecule has 0 aliphatic heterocycles. The second-order valence-corrected chi connectivity index (χ2v) is 6.49. The average molecular weight is 471 g/mol. The summed E-state index contributed by atoms with van der Waals surface area (Å²) in [7, 11) is 2.55. The summed E-state index contributed by atoms with van der Waals surface area (Å²) in [6.07, 6.45) is -4.85. The van der Waals surface area contributed by atoms with Crippen LogP contribution in [0, 0.1) is 10.1 Å². The number of nitro groups is 1. The zero-order valence-corrected chi connectivity index (χ0v) is 17.8.